The van der Waals surface area contributed by atoms with E-state index in [0.29, 0.717) is 17.2 Å². The Morgan fingerprint density at radius 2 is 1.96 bits per heavy atom. The normalized spacial score (nSPS) is 10.3. The maximum atomic E-state index is 10.7. The van der Waals surface area contributed by atoms with Crippen LogP contribution in [0.3, 0.4) is 0 Å². The van der Waals surface area contributed by atoms with Gasteiger partial charge in [0.1, 0.15) is 11.5 Å². The Hall–Kier alpha value is -3.46. The zero-order valence-corrected chi connectivity index (χ0v) is 12.2. The molecular weight excluding hydrogens is 294 g/mol. The standard InChI is InChI=1S/C17H11N3O3/c1-11-9-16-14(10-15(11)18-2)17(7-8-19-16)23-13-5-3-12(4-6-13)20(21)22/h3-10H,1H3. The van der Waals surface area contributed by atoms with Crippen molar-refractivity contribution in [1.82, 2.24) is 4.98 Å². The molecule has 1 aromatic heterocycles. The van der Waals surface area contributed by atoms with Gasteiger partial charge in [-0.05, 0) is 42.8 Å². The van der Waals surface area contributed by atoms with E-state index in [2.05, 4.69) is 9.83 Å². The molecule has 0 aliphatic carbocycles. The lowest BCUT2D eigenvalue weighted by Crippen LogP contribution is -1.90. The summed E-state index contributed by atoms with van der Waals surface area (Å²) >= 11 is 0. The average Bonchev–Trinajstić information content (AvgIpc) is 2.55. The number of hydrogen-bond acceptors (Lipinski definition) is 4. The zero-order chi connectivity index (χ0) is 16.4. The highest BCUT2D eigenvalue weighted by Gasteiger charge is 2.09. The van der Waals surface area contributed by atoms with E-state index in [-0.39, 0.29) is 5.69 Å². The van der Waals surface area contributed by atoms with Crippen molar-refractivity contribution in [3.05, 3.63) is 75.8 Å². The molecule has 6 nitrogen and oxygen atoms in total. The quantitative estimate of drug-likeness (QED) is 0.396. The molecular formula is C17H11N3O3. The summed E-state index contributed by atoms with van der Waals surface area (Å²) in [5.41, 5.74) is 2.13. The SMILES string of the molecule is [C-]#[N+]c1cc2c(Oc3ccc([N+](=O)[O-])cc3)ccnc2cc1C. The third kappa shape index (κ3) is 2.80. The third-order valence-electron chi connectivity index (χ3n) is 3.42. The van der Waals surface area contributed by atoms with E-state index >= 15 is 0 Å². The Labute approximate surface area is 131 Å². The molecule has 0 saturated carbocycles. The fraction of sp³-hybridized carbons (Fsp3) is 0.0588. The molecule has 0 aliphatic heterocycles. The highest BCUT2D eigenvalue weighted by Crippen LogP contribution is 2.33. The second kappa shape index (κ2) is 5.73. The molecule has 23 heavy (non-hydrogen) atoms. The third-order valence-corrected chi connectivity index (χ3v) is 3.42. The molecule has 0 unspecified atom stereocenters. The number of aromatic nitrogens is 1. The lowest BCUT2D eigenvalue weighted by molar-refractivity contribution is -0.384. The average molecular weight is 305 g/mol. The molecule has 0 spiro atoms. The summed E-state index contributed by atoms with van der Waals surface area (Å²) in [7, 11) is 0. The largest absolute Gasteiger partial charge is 0.457 e. The first kappa shape index (κ1) is 14.5. The molecule has 112 valence electrons. The molecule has 0 saturated heterocycles. The van der Waals surface area contributed by atoms with E-state index in [1.165, 1.54) is 24.3 Å². The summed E-state index contributed by atoms with van der Waals surface area (Å²) in [4.78, 5) is 18.0. The predicted molar refractivity (Wildman–Crippen MR) is 85.9 cm³/mol. The lowest BCUT2D eigenvalue weighted by Gasteiger charge is -2.09. The van der Waals surface area contributed by atoms with Gasteiger partial charge in [-0.15, -0.1) is 0 Å². The fourth-order valence-electron chi connectivity index (χ4n) is 2.23. The van der Waals surface area contributed by atoms with Gasteiger partial charge in [0.25, 0.3) is 5.69 Å². The molecule has 3 aromatic rings. The van der Waals surface area contributed by atoms with Crippen LogP contribution < -0.4 is 4.74 Å². The van der Waals surface area contributed by atoms with Gasteiger partial charge >= 0.3 is 0 Å². The topological polar surface area (TPSA) is 69.6 Å². The number of aryl methyl sites for hydroxylation is 1. The number of benzene rings is 2. The smallest absolute Gasteiger partial charge is 0.269 e. The summed E-state index contributed by atoms with van der Waals surface area (Å²) in [6, 6.07) is 11.1. The van der Waals surface area contributed by atoms with Gasteiger partial charge in [0, 0.05) is 23.7 Å². The van der Waals surface area contributed by atoms with Crippen LogP contribution in [0.1, 0.15) is 5.56 Å². The van der Waals surface area contributed by atoms with Crippen molar-refractivity contribution in [2.75, 3.05) is 0 Å². The van der Waals surface area contributed by atoms with Crippen LogP contribution in [0.15, 0.2) is 48.7 Å². The van der Waals surface area contributed by atoms with E-state index in [1.54, 1.807) is 18.3 Å². The summed E-state index contributed by atoms with van der Waals surface area (Å²) in [6.07, 6.45) is 1.63. The zero-order valence-electron chi connectivity index (χ0n) is 12.2. The molecule has 3 rings (SSSR count). The van der Waals surface area contributed by atoms with Crippen LogP contribution in [-0.2, 0) is 0 Å². The molecule has 0 aliphatic rings. The Kier molecular flexibility index (Phi) is 3.61. The highest BCUT2D eigenvalue weighted by molar-refractivity contribution is 5.89. The summed E-state index contributed by atoms with van der Waals surface area (Å²) < 4.78 is 5.80. The van der Waals surface area contributed by atoms with Crippen molar-refractivity contribution in [2.24, 2.45) is 0 Å². The number of pyridine rings is 1. The number of nitro benzene ring substituents is 1. The number of rotatable bonds is 3. The Balaban J connectivity index is 2.03. The number of nitrogens with zero attached hydrogens (tertiary/aromatic N) is 3. The second-order valence-electron chi connectivity index (χ2n) is 4.93. The van der Waals surface area contributed by atoms with Crippen LogP contribution in [0.25, 0.3) is 15.7 Å². The number of non-ortho nitro benzene ring substituents is 1. The second-order valence-corrected chi connectivity index (χ2v) is 4.93. The molecule has 0 radical (unpaired) electrons. The van der Waals surface area contributed by atoms with Gasteiger partial charge in [-0.25, -0.2) is 4.85 Å². The first-order valence-corrected chi connectivity index (χ1v) is 6.77. The minimum atomic E-state index is -0.462. The van der Waals surface area contributed by atoms with Gasteiger partial charge in [-0.3, -0.25) is 15.1 Å². The fourth-order valence-corrected chi connectivity index (χ4v) is 2.23. The van der Waals surface area contributed by atoms with Gasteiger partial charge < -0.3 is 4.74 Å². The molecule has 2 aromatic carbocycles. The molecule has 1 heterocycles. The van der Waals surface area contributed by atoms with E-state index in [1.807, 2.05) is 13.0 Å². The molecule has 0 atom stereocenters. The van der Waals surface area contributed by atoms with Gasteiger partial charge in [-0.1, -0.05) is 0 Å². The number of nitro groups is 1. The first-order valence-electron chi connectivity index (χ1n) is 6.77. The monoisotopic (exact) mass is 305 g/mol. The maximum Gasteiger partial charge on any atom is 0.269 e. The molecule has 0 bridgehead atoms. The number of ether oxygens (including phenoxy) is 1. The van der Waals surface area contributed by atoms with Gasteiger partial charge in [0.15, 0.2) is 5.69 Å². The number of fused-ring (bicyclic) bond motifs is 1. The van der Waals surface area contributed by atoms with E-state index < -0.39 is 4.92 Å². The van der Waals surface area contributed by atoms with Crippen LogP contribution >= 0.6 is 0 Å². The van der Waals surface area contributed by atoms with Gasteiger partial charge in [-0.2, -0.15) is 0 Å². The van der Waals surface area contributed by atoms with Crippen LogP contribution in [0.5, 0.6) is 11.5 Å². The Morgan fingerprint density at radius 3 is 2.61 bits per heavy atom. The molecule has 0 amide bonds. The van der Waals surface area contributed by atoms with Crippen molar-refractivity contribution in [3.63, 3.8) is 0 Å². The van der Waals surface area contributed by atoms with Crippen LogP contribution in [0.4, 0.5) is 11.4 Å². The van der Waals surface area contributed by atoms with Crippen molar-refractivity contribution < 1.29 is 9.66 Å². The van der Waals surface area contributed by atoms with Crippen LogP contribution in [0, 0.1) is 23.6 Å². The Morgan fingerprint density at radius 1 is 1.22 bits per heavy atom. The van der Waals surface area contributed by atoms with E-state index in [9.17, 15) is 10.1 Å². The summed E-state index contributed by atoms with van der Waals surface area (Å²) in [5.74, 6) is 1.03. The molecule has 6 heteroatoms. The van der Waals surface area contributed by atoms with Gasteiger partial charge in [0.2, 0.25) is 0 Å². The molecule has 0 fully saturated rings. The van der Waals surface area contributed by atoms with Crippen LogP contribution in [-0.4, -0.2) is 9.91 Å². The first-order chi connectivity index (χ1) is 11.1. The van der Waals surface area contributed by atoms with Crippen molar-refractivity contribution >= 4 is 22.3 Å². The molecule has 0 N–H and O–H groups in total. The van der Waals surface area contributed by atoms with Crippen molar-refractivity contribution in [2.45, 2.75) is 6.92 Å². The van der Waals surface area contributed by atoms with Gasteiger partial charge in [0.05, 0.1) is 17.0 Å². The van der Waals surface area contributed by atoms with Crippen molar-refractivity contribution in [3.8, 4) is 11.5 Å². The lowest BCUT2D eigenvalue weighted by atomic mass is 10.1. The van der Waals surface area contributed by atoms with Crippen LogP contribution in [0.2, 0.25) is 0 Å². The summed E-state index contributed by atoms with van der Waals surface area (Å²) in [5, 5.41) is 11.4. The number of hydrogen-bond donors (Lipinski definition) is 0. The van der Waals surface area contributed by atoms with E-state index in [0.717, 1.165) is 16.5 Å². The minimum Gasteiger partial charge on any atom is -0.457 e. The minimum absolute atomic E-state index is 0.00264. The highest BCUT2D eigenvalue weighted by atomic mass is 16.6. The summed E-state index contributed by atoms with van der Waals surface area (Å²) in [6.45, 7) is 9.07. The van der Waals surface area contributed by atoms with E-state index in [4.69, 9.17) is 11.3 Å². The Bertz CT molecular complexity index is 944. The predicted octanol–water partition coefficient (Wildman–Crippen LogP) is 4.79. The van der Waals surface area contributed by atoms with Crippen molar-refractivity contribution in [1.29, 1.82) is 0 Å². The maximum absolute atomic E-state index is 10.7.